The number of fused-ring (bicyclic) bond motifs is 1. The topological polar surface area (TPSA) is 4.93 Å². The van der Waals surface area contributed by atoms with E-state index in [-0.39, 0.29) is 0 Å². The Morgan fingerprint density at radius 3 is 1.82 bits per heavy atom. The summed E-state index contributed by atoms with van der Waals surface area (Å²) >= 11 is 0. The van der Waals surface area contributed by atoms with E-state index in [1.54, 1.807) is 0 Å². The van der Waals surface area contributed by atoms with E-state index in [0.717, 1.165) is 0 Å². The van der Waals surface area contributed by atoms with E-state index >= 15 is 0 Å². The molecular formula is C32H19N. The summed E-state index contributed by atoms with van der Waals surface area (Å²) in [6, 6.07) is 42.1. The zero-order valence-corrected chi connectivity index (χ0v) is 17.9. The first-order valence-electron chi connectivity index (χ1n) is 11.5. The average Bonchev–Trinajstić information content (AvgIpc) is 3.23. The van der Waals surface area contributed by atoms with Gasteiger partial charge in [0.05, 0.1) is 11.0 Å². The van der Waals surface area contributed by atoms with E-state index in [9.17, 15) is 0 Å². The second-order valence-corrected chi connectivity index (χ2v) is 8.95. The quantitative estimate of drug-likeness (QED) is 0.196. The maximum Gasteiger partial charge on any atom is 0.0548 e. The summed E-state index contributed by atoms with van der Waals surface area (Å²) in [5.74, 6) is 0. The summed E-state index contributed by atoms with van der Waals surface area (Å²) in [5, 5.41) is 10.8. The van der Waals surface area contributed by atoms with Crippen LogP contribution in [0.3, 0.4) is 0 Å². The highest BCUT2D eigenvalue weighted by Gasteiger charge is 2.23. The molecule has 7 aromatic carbocycles. The lowest BCUT2D eigenvalue weighted by atomic mass is 9.86. The molecule has 1 nitrogen and oxygen atoms in total. The Bertz CT molecular complexity index is 1940. The lowest BCUT2D eigenvalue weighted by molar-refractivity contribution is 1.18. The van der Waals surface area contributed by atoms with Crippen LogP contribution in [0.1, 0.15) is 0 Å². The fourth-order valence-corrected chi connectivity index (χ4v) is 5.99. The Morgan fingerprint density at radius 1 is 0.394 bits per heavy atom. The van der Waals surface area contributed by atoms with Crippen LogP contribution in [0.25, 0.3) is 70.9 Å². The smallest absolute Gasteiger partial charge is 0.0548 e. The second-order valence-electron chi connectivity index (χ2n) is 8.95. The molecule has 0 atom stereocenters. The van der Waals surface area contributed by atoms with Crippen molar-refractivity contribution < 1.29 is 0 Å². The summed E-state index contributed by atoms with van der Waals surface area (Å²) in [7, 11) is 0. The molecule has 33 heavy (non-hydrogen) atoms. The maximum atomic E-state index is 2.44. The zero-order chi connectivity index (χ0) is 21.5. The minimum absolute atomic E-state index is 1.20. The van der Waals surface area contributed by atoms with E-state index in [1.807, 2.05) is 0 Å². The molecule has 0 radical (unpaired) electrons. The summed E-state index contributed by atoms with van der Waals surface area (Å²) in [5.41, 5.74) is 6.31. The molecular weight excluding hydrogens is 398 g/mol. The first kappa shape index (κ1) is 17.2. The predicted molar refractivity (Wildman–Crippen MR) is 141 cm³/mol. The number of nitrogens with zero attached hydrogens (tertiary/aromatic N) is 1. The molecule has 0 unspecified atom stereocenters. The van der Waals surface area contributed by atoms with Gasteiger partial charge in [0.2, 0.25) is 0 Å². The Balaban J connectivity index is 1.73. The average molecular weight is 418 g/mol. The molecule has 1 heterocycles. The summed E-state index contributed by atoms with van der Waals surface area (Å²) in [4.78, 5) is 0. The van der Waals surface area contributed by atoms with E-state index in [1.165, 1.54) is 70.9 Å². The second kappa shape index (κ2) is 6.11. The molecule has 152 valence electrons. The molecule has 0 bridgehead atoms. The Labute approximate surface area is 190 Å². The zero-order valence-electron chi connectivity index (χ0n) is 17.9. The lowest BCUT2D eigenvalue weighted by Gasteiger charge is -2.16. The van der Waals surface area contributed by atoms with Gasteiger partial charge in [0, 0.05) is 27.2 Å². The molecule has 0 aliphatic rings. The van der Waals surface area contributed by atoms with E-state index in [0.29, 0.717) is 0 Å². The van der Waals surface area contributed by atoms with Crippen LogP contribution < -0.4 is 0 Å². The highest BCUT2D eigenvalue weighted by molar-refractivity contribution is 6.41. The predicted octanol–water partition coefficient (Wildman–Crippen LogP) is 8.79. The molecule has 0 fully saturated rings. The van der Waals surface area contributed by atoms with Crippen molar-refractivity contribution in [3.8, 4) is 16.8 Å². The van der Waals surface area contributed by atoms with Crippen molar-refractivity contribution in [2.45, 2.75) is 0 Å². The summed E-state index contributed by atoms with van der Waals surface area (Å²) in [6.45, 7) is 0. The summed E-state index contributed by atoms with van der Waals surface area (Å²) < 4.78 is 2.44. The molecule has 8 rings (SSSR count). The van der Waals surface area contributed by atoms with Crippen LogP contribution in [0.15, 0.2) is 115 Å². The number of benzene rings is 7. The van der Waals surface area contributed by atoms with Crippen LogP contribution in [0.2, 0.25) is 0 Å². The van der Waals surface area contributed by atoms with Crippen molar-refractivity contribution in [1.82, 2.24) is 4.57 Å². The van der Waals surface area contributed by atoms with Gasteiger partial charge in [-0.1, -0.05) is 91.0 Å². The van der Waals surface area contributed by atoms with Crippen molar-refractivity contribution in [2.24, 2.45) is 0 Å². The number of para-hydroxylation sites is 1. The van der Waals surface area contributed by atoms with Crippen molar-refractivity contribution >= 4 is 54.1 Å². The van der Waals surface area contributed by atoms with Gasteiger partial charge in [0.25, 0.3) is 0 Å². The fourth-order valence-electron chi connectivity index (χ4n) is 5.99. The fraction of sp³-hybridized carbons (Fsp3) is 0. The largest absolute Gasteiger partial charge is 0.309 e. The number of hydrogen-bond donors (Lipinski definition) is 0. The van der Waals surface area contributed by atoms with Crippen molar-refractivity contribution in [3.05, 3.63) is 115 Å². The normalized spacial score (nSPS) is 12.2. The van der Waals surface area contributed by atoms with Crippen LogP contribution in [-0.2, 0) is 0 Å². The van der Waals surface area contributed by atoms with Crippen molar-refractivity contribution in [3.63, 3.8) is 0 Å². The van der Waals surface area contributed by atoms with Gasteiger partial charge in [-0.15, -0.1) is 0 Å². The molecule has 0 amide bonds. The van der Waals surface area contributed by atoms with Crippen molar-refractivity contribution in [2.75, 3.05) is 0 Å². The number of rotatable bonds is 2. The third-order valence-electron chi connectivity index (χ3n) is 7.29. The van der Waals surface area contributed by atoms with Gasteiger partial charge in [-0.05, 0) is 56.9 Å². The van der Waals surface area contributed by atoms with Gasteiger partial charge in [-0.25, -0.2) is 0 Å². The van der Waals surface area contributed by atoms with Gasteiger partial charge >= 0.3 is 0 Å². The third-order valence-corrected chi connectivity index (χ3v) is 7.29. The van der Waals surface area contributed by atoms with Crippen LogP contribution >= 0.6 is 0 Å². The third kappa shape index (κ3) is 2.12. The lowest BCUT2D eigenvalue weighted by Crippen LogP contribution is -1.93. The molecule has 0 saturated heterocycles. The highest BCUT2D eigenvalue weighted by atomic mass is 15.0. The molecule has 0 aliphatic carbocycles. The molecule has 0 saturated carbocycles. The first-order valence-corrected chi connectivity index (χ1v) is 11.5. The highest BCUT2D eigenvalue weighted by Crippen LogP contribution is 2.49. The van der Waals surface area contributed by atoms with Crippen LogP contribution in [0, 0.1) is 0 Å². The maximum absolute atomic E-state index is 2.44. The van der Waals surface area contributed by atoms with Gasteiger partial charge in [-0.2, -0.15) is 0 Å². The summed E-state index contributed by atoms with van der Waals surface area (Å²) in [6.07, 6.45) is 0. The van der Waals surface area contributed by atoms with Crippen LogP contribution in [-0.4, -0.2) is 4.57 Å². The molecule has 1 aromatic heterocycles. The first-order chi connectivity index (χ1) is 16.4. The van der Waals surface area contributed by atoms with E-state index in [4.69, 9.17) is 0 Å². The van der Waals surface area contributed by atoms with Gasteiger partial charge < -0.3 is 4.57 Å². The standard InChI is InChI=1S/C32H19N/c1-3-8-20(9-4-1)24-17-19-27-32-30(24)25-13-7-10-21-14-15-22-16-18-26(31(32)29(22)28(21)25)33(27)23-11-5-2-6-12-23/h1-19H. The minimum atomic E-state index is 1.20. The monoisotopic (exact) mass is 417 g/mol. The van der Waals surface area contributed by atoms with Gasteiger partial charge in [0.1, 0.15) is 0 Å². The SMILES string of the molecule is c1ccc(-c2ccc3c4c2c2cccc5ccc6ccc(c4c6c52)n3-c2ccccc2)cc1. The Kier molecular flexibility index (Phi) is 3.19. The van der Waals surface area contributed by atoms with Crippen molar-refractivity contribution in [1.29, 1.82) is 0 Å². The van der Waals surface area contributed by atoms with E-state index < -0.39 is 0 Å². The van der Waals surface area contributed by atoms with E-state index in [2.05, 4.69) is 120 Å². The minimum Gasteiger partial charge on any atom is -0.309 e. The van der Waals surface area contributed by atoms with Crippen LogP contribution in [0.4, 0.5) is 0 Å². The molecule has 0 spiro atoms. The Hall–Kier alpha value is -4.36. The number of aromatic nitrogens is 1. The van der Waals surface area contributed by atoms with Crippen LogP contribution in [0.5, 0.6) is 0 Å². The molecule has 8 aromatic rings. The molecule has 0 N–H and O–H groups in total. The van der Waals surface area contributed by atoms with Gasteiger partial charge in [-0.3, -0.25) is 0 Å². The Morgan fingerprint density at radius 2 is 1.03 bits per heavy atom. The molecule has 1 heteroatoms. The molecule has 0 aliphatic heterocycles. The number of hydrogen-bond acceptors (Lipinski definition) is 0. The van der Waals surface area contributed by atoms with Gasteiger partial charge in [0.15, 0.2) is 0 Å².